The van der Waals surface area contributed by atoms with Crippen molar-refractivity contribution in [3.63, 3.8) is 0 Å². The van der Waals surface area contributed by atoms with Crippen molar-refractivity contribution in [2.45, 2.75) is 6.18 Å². The van der Waals surface area contributed by atoms with Crippen LogP contribution in [0, 0.1) is 0 Å². The molecule has 0 aliphatic carbocycles. The third-order valence-corrected chi connectivity index (χ3v) is 5.53. The molecular weight excluding hydrogens is 503 g/mol. The van der Waals surface area contributed by atoms with Crippen molar-refractivity contribution in [1.29, 1.82) is 0 Å². The zero-order chi connectivity index (χ0) is 26.0. The minimum Gasteiger partial charge on any atom is -0.395 e. The number of hydroxylamine groups is 1. The molecule has 36 heavy (non-hydrogen) atoms. The quantitative estimate of drug-likeness (QED) is 0.255. The van der Waals surface area contributed by atoms with E-state index in [1.165, 1.54) is 30.9 Å². The Balaban J connectivity index is 1.53. The molecule has 3 N–H and O–H groups in total. The number of amides is 2. The van der Waals surface area contributed by atoms with E-state index in [-0.39, 0.29) is 23.0 Å². The predicted octanol–water partition coefficient (Wildman–Crippen LogP) is 4.34. The van der Waals surface area contributed by atoms with Crippen molar-refractivity contribution < 1.29 is 28.3 Å². The first-order valence-electron chi connectivity index (χ1n) is 10.4. The number of fused-ring (bicyclic) bond motifs is 1. The number of rotatable bonds is 6. The van der Waals surface area contributed by atoms with Crippen LogP contribution in [0.25, 0.3) is 16.9 Å². The van der Waals surface area contributed by atoms with Crippen LogP contribution in [0.1, 0.15) is 5.56 Å². The highest BCUT2D eigenvalue weighted by Gasteiger charge is 2.33. The van der Waals surface area contributed by atoms with E-state index >= 15 is 0 Å². The van der Waals surface area contributed by atoms with E-state index in [2.05, 4.69) is 20.3 Å². The second kappa shape index (κ2) is 9.97. The Hall–Kier alpha value is -3.94. The third kappa shape index (κ3) is 5.03. The monoisotopic (exact) mass is 521 g/mol. The molecule has 2 aromatic heterocycles. The molecule has 2 aromatic carbocycles. The van der Waals surface area contributed by atoms with Gasteiger partial charge < -0.3 is 15.3 Å². The average Bonchev–Trinajstić information content (AvgIpc) is 3.28. The van der Waals surface area contributed by atoms with Gasteiger partial charge in [-0.25, -0.2) is 19.7 Å². The fourth-order valence-corrected chi connectivity index (χ4v) is 3.64. The van der Waals surface area contributed by atoms with Gasteiger partial charge in [0, 0.05) is 25.0 Å². The molecular formula is C22H19ClF3N7O3. The largest absolute Gasteiger partial charge is 0.417 e. The number of carbonyl (C=O) groups excluding carboxylic acids is 1. The summed E-state index contributed by atoms with van der Waals surface area (Å²) in [6.07, 6.45) is -1.80. The van der Waals surface area contributed by atoms with Crippen LogP contribution < -0.4 is 15.3 Å². The lowest BCUT2D eigenvalue weighted by molar-refractivity contribution is -0.137. The maximum Gasteiger partial charge on any atom is 0.417 e. The first kappa shape index (κ1) is 25.2. The Labute approximate surface area is 207 Å². The molecule has 0 saturated carbocycles. The van der Waals surface area contributed by atoms with Crippen molar-refractivity contribution in [1.82, 2.24) is 19.5 Å². The van der Waals surface area contributed by atoms with E-state index < -0.39 is 22.8 Å². The second-order valence-electron chi connectivity index (χ2n) is 7.58. The van der Waals surface area contributed by atoms with Gasteiger partial charge in [-0.05, 0) is 42.5 Å². The Morgan fingerprint density at radius 2 is 1.86 bits per heavy atom. The number of carbonyl (C=O) groups is 1. The molecule has 0 unspecified atom stereocenters. The van der Waals surface area contributed by atoms with Crippen molar-refractivity contribution in [3.05, 3.63) is 65.7 Å². The van der Waals surface area contributed by atoms with Crippen LogP contribution in [0.4, 0.5) is 35.2 Å². The van der Waals surface area contributed by atoms with E-state index in [0.717, 1.165) is 6.07 Å². The molecule has 4 rings (SSSR count). The summed E-state index contributed by atoms with van der Waals surface area (Å²) in [5.41, 5.74) is 0.374. The Kier molecular flexibility index (Phi) is 6.97. The summed E-state index contributed by atoms with van der Waals surface area (Å²) < 4.78 is 40.8. The highest BCUT2D eigenvalue weighted by Crippen LogP contribution is 2.36. The van der Waals surface area contributed by atoms with Crippen molar-refractivity contribution in [2.24, 2.45) is 0 Å². The van der Waals surface area contributed by atoms with Crippen molar-refractivity contribution in [2.75, 3.05) is 35.5 Å². The lowest BCUT2D eigenvalue weighted by atomic mass is 10.2. The first-order chi connectivity index (χ1) is 17.1. The van der Waals surface area contributed by atoms with Gasteiger partial charge in [-0.2, -0.15) is 18.2 Å². The van der Waals surface area contributed by atoms with Gasteiger partial charge >= 0.3 is 12.2 Å². The number of alkyl halides is 3. The summed E-state index contributed by atoms with van der Waals surface area (Å²) in [7, 11) is 1.76. The minimum absolute atomic E-state index is 0.0586. The summed E-state index contributed by atoms with van der Waals surface area (Å²) in [6, 6.07) is 7.85. The first-order valence-corrected chi connectivity index (χ1v) is 10.7. The molecule has 10 nitrogen and oxygen atoms in total. The van der Waals surface area contributed by atoms with E-state index in [4.69, 9.17) is 11.6 Å². The lowest BCUT2D eigenvalue weighted by Gasteiger charge is -2.17. The lowest BCUT2D eigenvalue weighted by Crippen LogP contribution is -2.31. The highest BCUT2D eigenvalue weighted by atomic mass is 35.5. The number of urea groups is 1. The molecule has 0 saturated heterocycles. The topological polar surface area (TPSA) is 120 Å². The number of halogens is 4. The van der Waals surface area contributed by atoms with Crippen LogP contribution in [0.15, 0.2) is 55.1 Å². The van der Waals surface area contributed by atoms with E-state index in [0.29, 0.717) is 35.3 Å². The van der Waals surface area contributed by atoms with Crippen LogP contribution in [-0.4, -0.2) is 56.1 Å². The normalized spacial score (nSPS) is 11.5. The number of aliphatic hydroxyl groups is 1. The molecule has 4 aromatic rings. The molecule has 2 amide bonds. The maximum atomic E-state index is 13.1. The number of nitrogens with zero attached hydrogens (tertiary/aromatic N) is 6. The summed E-state index contributed by atoms with van der Waals surface area (Å²) in [5.74, 6) is 0.540. The average molecular weight is 522 g/mol. The molecule has 0 spiro atoms. The molecule has 2 heterocycles. The molecule has 0 aliphatic heterocycles. The maximum absolute atomic E-state index is 13.1. The molecule has 14 heteroatoms. The smallest absolute Gasteiger partial charge is 0.395 e. The summed E-state index contributed by atoms with van der Waals surface area (Å²) >= 11 is 5.59. The van der Waals surface area contributed by atoms with Crippen LogP contribution in [0.5, 0.6) is 0 Å². The van der Waals surface area contributed by atoms with Gasteiger partial charge in [0.05, 0.1) is 22.9 Å². The number of imidazole rings is 1. The molecule has 0 aliphatic rings. The SMILES string of the molecule is CN(CCO)c1ncnc2c1ncn2-c1ccc(N(O)C(=O)Nc2ccc(Cl)c(C(F)(F)F)c2)cc1. The van der Waals surface area contributed by atoms with Gasteiger partial charge in [0.15, 0.2) is 17.0 Å². The molecule has 0 bridgehead atoms. The summed E-state index contributed by atoms with van der Waals surface area (Å²) in [4.78, 5) is 27.0. The van der Waals surface area contributed by atoms with Crippen LogP contribution in [0.2, 0.25) is 5.02 Å². The van der Waals surface area contributed by atoms with Crippen LogP contribution >= 0.6 is 11.6 Å². The molecule has 0 fully saturated rings. The number of benzene rings is 2. The summed E-state index contributed by atoms with van der Waals surface area (Å²) in [5, 5.41) is 21.4. The van der Waals surface area contributed by atoms with Gasteiger partial charge in [-0.3, -0.25) is 9.77 Å². The zero-order valence-corrected chi connectivity index (χ0v) is 19.4. The van der Waals surface area contributed by atoms with E-state index in [1.807, 2.05) is 0 Å². The standard InChI is InChI=1S/C22H19ClF3N7O3/c1-31(8-9-34)19-18-20(28-11-27-19)32(12-29-18)14-3-5-15(6-4-14)33(36)21(35)30-13-2-7-17(23)16(10-13)22(24,25)26/h2-7,10-12,34,36H,8-9H2,1H3,(H,30,35). The Morgan fingerprint density at radius 1 is 1.14 bits per heavy atom. The predicted molar refractivity (Wildman–Crippen MR) is 127 cm³/mol. The zero-order valence-electron chi connectivity index (χ0n) is 18.6. The van der Waals surface area contributed by atoms with Crippen molar-refractivity contribution >= 4 is 46.0 Å². The number of aliphatic hydroxyl groups excluding tert-OH is 1. The Bertz CT molecular complexity index is 1400. The molecule has 0 atom stereocenters. The van der Waals surface area contributed by atoms with E-state index in [9.17, 15) is 28.3 Å². The fourth-order valence-electron chi connectivity index (χ4n) is 3.42. The fraction of sp³-hybridized carbons (Fsp3) is 0.182. The van der Waals surface area contributed by atoms with Gasteiger partial charge in [0.2, 0.25) is 0 Å². The molecule has 188 valence electrons. The van der Waals surface area contributed by atoms with E-state index in [1.54, 1.807) is 28.6 Å². The van der Waals surface area contributed by atoms with Gasteiger partial charge in [0.1, 0.15) is 12.7 Å². The minimum atomic E-state index is -4.70. The van der Waals surface area contributed by atoms with Crippen LogP contribution in [-0.2, 0) is 6.18 Å². The van der Waals surface area contributed by atoms with Gasteiger partial charge in [-0.15, -0.1) is 0 Å². The molecule has 0 radical (unpaired) electrons. The number of nitrogens with one attached hydrogen (secondary N) is 1. The van der Waals surface area contributed by atoms with Crippen LogP contribution in [0.3, 0.4) is 0 Å². The van der Waals surface area contributed by atoms with Crippen molar-refractivity contribution in [3.8, 4) is 5.69 Å². The third-order valence-electron chi connectivity index (χ3n) is 5.20. The second-order valence-corrected chi connectivity index (χ2v) is 7.99. The van der Waals surface area contributed by atoms with Gasteiger partial charge in [0.25, 0.3) is 0 Å². The number of likely N-dealkylation sites (N-methyl/N-ethyl adjacent to an activating group) is 1. The number of hydrogen-bond acceptors (Lipinski definition) is 7. The number of anilines is 3. The Morgan fingerprint density at radius 3 is 2.53 bits per heavy atom. The highest BCUT2D eigenvalue weighted by molar-refractivity contribution is 6.31. The number of aromatic nitrogens is 4. The number of hydrogen-bond donors (Lipinski definition) is 3. The summed E-state index contributed by atoms with van der Waals surface area (Å²) in [6.45, 7) is 0.298. The van der Waals surface area contributed by atoms with Gasteiger partial charge in [-0.1, -0.05) is 11.6 Å².